The number of azide groups is 1. The Morgan fingerprint density at radius 2 is 2.33 bits per heavy atom. The minimum atomic E-state index is -0.769. The van der Waals surface area contributed by atoms with E-state index in [0.717, 1.165) is 12.1 Å². The monoisotopic (exact) mass is 357 g/mol. The Hall–Kier alpha value is -2.19. The van der Waals surface area contributed by atoms with Gasteiger partial charge in [-0.1, -0.05) is 5.11 Å². The highest BCUT2D eigenvalue weighted by Crippen LogP contribution is 2.39. The Balaban J connectivity index is 2.40. The number of nitrogens with zero attached hydrogens (tertiary/aromatic N) is 5. The standard InChI is InChI=1S/C11H9BrFN5O3/c12-8-2-7(13)3-9(18(20)21)11(8)17-5-6(1-10(17)19)4-15-16-14/h2-3,6H,1,4-5H2. The van der Waals surface area contributed by atoms with Gasteiger partial charge in [0, 0.05) is 24.4 Å². The van der Waals surface area contributed by atoms with Crippen LogP contribution in [0.25, 0.3) is 10.4 Å². The molecule has 1 heterocycles. The first kappa shape index (κ1) is 15.2. The maximum Gasteiger partial charge on any atom is 0.297 e. The average Bonchev–Trinajstić information content (AvgIpc) is 2.76. The van der Waals surface area contributed by atoms with Gasteiger partial charge < -0.3 is 4.90 Å². The lowest BCUT2D eigenvalue weighted by molar-refractivity contribution is -0.384. The summed E-state index contributed by atoms with van der Waals surface area (Å²) in [6.45, 7) is 0.314. The lowest BCUT2D eigenvalue weighted by Crippen LogP contribution is -2.26. The van der Waals surface area contributed by atoms with Gasteiger partial charge in [-0.3, -0.25) is 14.9 Å². The zero-order valence-corrected chi connectivity index (χ0v) is 12.2. The largest absolute Gasteiger partial charge is 0.305 e. The summed E-state index contributed by atoms with van der Waals surface area (Å²) in [7, 11) is 0. The van der Waals surface area contributed by atoms with Crippen LogP contribution >= 0.6 is 15.9 Å². The second-order valence-corrected chi connectivity index (χ2v) is 5.35. The second-order valence-electron chi connectivity index (χ2n) is 4.50. The number of hydrogen-bond donors (Lipinski definition) is 0. The molecule has 1 saturated heterocycles. The number of rotatable bonds is 4. The van der Waals surface area contributed by atoms with Crippen molar-refractivity contribution in [3.63, 3.8) is 0 Å². The Morgan fingerprint density at radius 3 is 2.95 bits per heavy atom. The highest BCUT2D eigenvalue weighted by atomic mass is 79.9. The fraction of sp³-hybridized carbons (Fsp3) is 0.364. The Kier molecular flexibility index (Phi) is 4.39. The normalized spacial score (nSPS) is 17.7. The summed E-state index contributed by atoms with van der Waals surface area (Å²) in [5.74, 6) is -1.32. The van der Waals surface area contributed by atoms with Crippen LogP contribution in [0, 0.1) is 21.8 Å². The third-order valence-corrected chi connectivity index (χ3v) is 3.69. The summed E-state index contributed by atoms with van der Waals surface area (Å²) in [5.41, 5.74) is 7.82. The van der Waals surface area contributed by atoms with Gasteiger partial charge in [-0.15, -0.1) is 0 Å². The Morgan fingerprint density at radius 1 is 1.62 bits per heavy atom. The summed E-state index contributed by atoms with van der Waals surface area (Å²) in [6.07, 6.45) is 0.125. The molecule has 0 spiro atoms. The molecule has 0 N–H and O–H groups in total. The van der Waals surface area contributed by atoms with E-state index in [1.54, 1.807) is 0 Å². The molecule has 1 unspecified atom stereocenters. The number of nitro benzene ring substituents is 1. The first-order valence-corrected chi connectivity index (χ1v) is 6.68. The molecule has 21 heavy (non-hydrogen) atoms. The van der Waals surface area contributed by atoms with Gasteiger partial charge in [0.15, 0.2) is 0 Å². The van der Waals surface area contributed by atoms with E-state index in [1.165, 1.54) is 4.90 Å². The quantitative estimate of drug-likeness (QED) is 0.271. The molecule has 1 aliphatic rings. The molecule has 0 aromatic heterocycles. The molecule has 1 atom stereocenters. The van der Waals surface area contributed by atoms with Crippen LogP contribution in [-0.2, 0) is 4.79 Å². The van der Waals surface area contributed by atoms with Crippen LogP contribution in [0.15, 0.2) is 21.7 Å². The van der Waals surface area contributed by atoms with Gasteiger partial charge in [-0.05, 0) is 33.4 Å². The fourth-order valence-electron chi connectivity index (χ4n) is 2.23. The SMILES string of the molecule is [N-]=[N+]=NCC1CC(=O)N(c2c(Br)cc(F)cc2[N+](=O)[O-])C1. The lowest BCUT2D eigenvalue weighted by atomic mass is 10.1. The molecule has 1 amide bonds. The molecule has 8 nitrogen and oxygen atoms in total. The number of halogens is 2. The maximum absolute atomic E-state index is 13.3. The Bertz CT molecular complexity index is 662. The molecule has 2 rings (SSSR count). The third kappa shape index (κ3) is 3.11. The van der Waals surface area contributed by atoms with Gasteiger partial charge in [0.05, 0.1) is 15.5 Å². The number of anilines is 1. The van der Waals surface area contributed by atoms with E-state index in [-0.39, 0.29) is 41.5 Å². The van der Waals surface area contributed by atoms with Gasteiger partial charge in [0.25, 0.3) is 5.69 Å². The summed E-state index contributed by atoms with van der Waals surface area (Å²) in [4.78, 5) is 26.2. The van der Waals surface area contributed by atoms with Gasteiger partial charge in [-0.25, -0.2) is 4.39 Å². The molecule has 0 bridgehead atoms. The predicted octanol–water partition coefficient (Wildman–Crippen LogP) is 3.16. The van der Waals surface area contributed by atoms with Crippen molar-refractivity contribution in [1.82, 2.24) is 0 Å². The smallest absolute Gasteiger partial charge is 0.297 e. The molecule has 1 fully saturated rings. The van der Waals surface area contributed by atoms with Crippen LogP contribution < -0.4 is 4.90 Å². The van der Waals surface area contributed by atoms with Crippen LogP contribution in [0.3, 0.4) is 0 Å². The van der Waals surface area contributed by atoms with Crippen LogP contribution in [0.1, 0.15) is 6.42 Å². The van der Waals surface area contributed by atoms with E-state index < -0.39 is 16.4 Å². The van der Waals surface area contributed by atoms with E-state index in [1.807, 2.05) is 0 Å². The molecular formula is C11H9BrFN5O3. The number of benzene rings is 1. The van der Waals surface area contributed by atoms with Crippen LogP contribution in [-0.4, -0.2) is 23.9 Å². The van der Waals surface area contributed by atoms with Crippen LogP contribution in [0.4, 0.5) is 15.8 Å². The van der Waals surface area contributed by atoms with Gasteiger partial charge >= 0.3 is 0 Å². The topological polar surface area (TPSA) is 112 Å². The second kappa shape index (κ2) is 6.06. The van der Waals surface area contributed by atoms with Crippen molar-refractivity contribution in [1.29, 1.82) is 0 Å². The molecule has 1 aromatic rings. The molecule has 0 aliphatic carbocycles. The van der Waals surface area contributed by atoms with Crippen molar-refractivity contribution in [2.45, 2.75) is 6.42 Å². The van der Waals surface area contributed by atoms with Crippen molar-refractivity contribution >= 4 is 33.2 Å². The van der Waals surface area contributed by atoms with E-state index in [0.29, 0.717) is 0 Å². The van der Waals surface area contributed by atoms with Crippen molar-refractivity contribution in [2.75, 3.05) is 18.0 Å². The number of amides is 1. The third-order valence-electron chi connectivity index (χ3n) is 3.08. The van der Waals surface area contributed by atoms with Crippen molar-refractivity contribution in [3.05, 3.63) is 43.0 Å². The highest BCUT2D eigenvalue weighted by molar-refractivity contribution is 9.10. The van der Waals surface area contributed by atoms with Crippen LogP contribution in [0.2, 0.25) is 0 Å². The molecule has 110 valence electrons. The lowest BCUT2D eigenvalue weighted by Gasteiger charge is -2.18. The highest BCUT2D eigenvalue weighted by Gasteiger charge is 2.35. The predicted molar refractivity (Wildman–Crippen MR) is 75.2 cm³/mol. The Labute approximate surface area is 126 Å². The summed E-state index contributed by atoms with van der Waals surface area (Å²) >= 11 is 3.06. The first-order valence-electron chi connectivity index (χ1n) is 5.88. The van der Waals surface area contributed by atoms with E-state index >= 15 is 0 Å². The van der Waals surface area contributed by atoms with E-state index in [9.17, 15) is 19.3 Å². The molecule has 1 aromatic carbocycles. The van der Waals surface area contributed by atoms with Gasteiger partial charge in [0.1, 0.15) is 11.5 Å². The van der Waals surface area contributed by atoms with Gasteiger partial charge in [-0.2, -0.15) is 0 Å². The van der Waals surface area contributed by atoms with Crippen molar-refractivity contribution < 1.29 is 14.1 Å². The zero-order valence-electron chi connectivity index (χ0n) is 10.6. The maximum atomic E-state index is 13.3. The summed E-state index contributed by atoms with van der Waals surface area (Å²) in [6, 6.07) is 1.84. The number of carbonyl (C=O) groups is 1. The number of hydrogen-bond acceptors (Lipinski definition) is 4. The molecule has 1 aliphatic heterocycles. The summed E-state index contributed by atoms with van der Waals surface area (Å²) < 4.78 is 13.4. The average molecular weight is 358 g/mol. The molecule has 0 saturated carbocycles. The van der Waals surface area contributed by atoms with Gasteiger partial charge in [0.2, 0.25) is 5.91 Å². The van der Waals surface area contributed by atoms with E-state index in [4.69, 9.17) is 5.53 Å². The zero-order chi connectivity index (χ0) is 15.6. The summed E-state index contributed by atoms with van der Waals surface area (Å²) in [5, 5.41) is 14.5. The number of nitro groups is 1. The van der Waals surface area contributed by atoms with E-state index in [2.05, 4.69) is 26.0 Å². The van der Waals surface area contributed by atoms with Crippen molar-refractivity contribution in [3.8, 4) is 0 Å². The number of carbonyl (C=O) groups excluding carboxylic acids is 1. The fourth-order valence-corrected chi connectivity index (χ4v) is 2.87. The molecule has 0 radical (unpaired) electrons. The first-order chi connectivity index (χ1) is 9.93. The minimum Gasteiger partial charge on any atom is -0.305 e. The van der Waals surface area contributed by atoms with Crippen LogP contribution in [0.5, 0.6) is 0 Å². The minimum absolute atomic E-state index is 0.0230. The van der Waals surface area contributed by atoms with Crippen molar-refractivity contribution in [2.24, 2.45) is 11.0 Å². The molecule has 10 heteroatoms. The molecular weight excluding hydrogens is 349 g/mol.